The van der Waals surface area contributed by atoms with Crippen LogP contribution in [0.2, 0.25) is 0 Å². The summed E-state index contributed by atoms with van der Waals surface area (Å²) in [7, 11) is -3.53. The Morgan fingerprint density at radius 2 is 1.52 bits per heavy atom. The van der Waals surface area contributed by atoms with E-state index in [9.17, 15) is 13.2 Å². The van der Waals surface area contributed by atoms with Gasteiger partial charge in [-0.3, -0.25) is 0 Å². The number of amides is 2. The summed E-state index contributed by atoms with van der Waals surface area (Å²) in [5.41, 5.74) is 1.45. The summed E-state index contributed by atoms with van der Waals surface area (Å²) in [5.74, 6) is 0. The van der Waals surface area contributed by atoms with Gasteiger partial charge in [0, 0.05) is 31.9 Å². The molecule has 1 N–H and O–H groups in total. The van der Waals surface area contributed by atoms with E-state index in [4.69, 9.17) is 0 Å². The van der Waals surface area contributed by atoms with Crippen molar-refractivity contribution in [2.24, 2.45) is 0 Å². The molecular weight excluding hydrogens is 338 g/mol. The van der Waals surface area contributed by atoms with Crippen molar-refractivity contribution in [3.63, 3.8) is 0 Å². The number of carbonyl (C=O) groups is 1. The zero-order valence-corrected chi connectivity index (χ0v) is 14.9. The van der Waals surface area contributed by atoms with Gasteiger partial charge in [-0.2, -0.15) is 4.31 Å². The monoisotopic (exact) mass is 359 g/mol. The Hall–Kier alpha value is -2.38. The van der Waals surface area contributed by atoms with E-state index < -0.39 is 10.0 Å². The fourth-order valence-corrected chi connectivity index (χ4v) is 4.49. The Kier molecular flexibility index (Phi) is 5.06. The van der Waals surface area contributed by atoms with Gasteiger partial charge >= 0.3 is 6.03 Å². The zero-order valence-electron chi connectivity index (χ0n) is 14.1. The van der Waals surface area contributed by atoms with Gasteiger partial charge in [-0.1, -0.05) is 36.4 Å². The molecule has 0 unspecified atom stereocenters. The Balaban J connectivity index is 1.64. The van der Waals surface area contributed by atoms with E-state index >= 15 is 0 Å². The van der Waals surface area contributed by atoms with E-state index in [0.29, 0.717) is 31.1 Å². The van der Waals surface area contributed by atoms with Crippen molar-refractivity contribution in [3.8, 4) is 0 Å². The van der Waals surface area contributed by atoms with Gasteiger partial charge in [0.2, 0.25) is 10.0 Å². The van der Waals surface area contributed by atoms with Crippen LogP contribution in [0.15, 0.2) is 59.5 Å². The number of hydrogen-bond donors (Lipinski definition) is 1. The van der Waals surface area contributed by atoms with Crippen LogP contribution in [0.25, 0.3) is 0 Å². The lowest BCUT2D eigenvalue weighted by Crippen LogP contribution is -2.51. The Labute approximate surface area is 148 Å². The minimum Gasteiger partial charge on any atom is -0.322 e. The van der Waals surface area contributed by atoms with E-state index in [1.54, 1.807) is 30.0 Å². The molecular formula is C18H21N3O3S. The molecule has 0 bridgehead atoms. The minimum atomic E-state index is -3.53. The highest BCUT2D eigenvalue weighted by Crippen LogP contribution is 2.21. The summed E-state index contributed by atoms with van der Waals surface area (Å²) in [6.07, 6.45) is 0. The second kappa shape index (κ2) is 7.25. The van der Waals surface area contributed by atoms with Crippen LogP contribution in [0.5, 0.6) is 0 Å². The molecule has 1 heterocycles. The maximum Gasteiger partial charge on any atom is 0.321 e. The molecule has 7 heteroatoms. The molecule has 2 aromatic rings. The summed E-state index contributed by atoms with van der Waals surface area (Å²) in [6.45, 7) is 3.10. The van der Waals surface area contributed by atoms with Crippen LogP contribution >= 0.6 is 0 Å². The number of rotatable bonds is 3. The predicted molar refractivity (Wildman–Crippen MR) is 97.0 cm³/mol. The van der Waals surface area contributed by atoms with E-state index in [2.05, 4.69) is 5.32 Å². The normalized spacial score (nSPS) is 15.8. The fraction of sp³-hybridized carbons (Fsp3) is 0.278. The highest BCUT2D eigenvalue weighted by molar-refractivity contribution is 7.89. The van der Waals surface area contributed by atoms with Crippen LogP contribution in [-0.4, -0.2) is 49.8 Å². The van der Waals surface area contributed by atoms with E-state index in [-0.39, 0.29) is 6.03 Å². The van der Waals surface area contributed by atoms with Crippen LogP contribution in [0.4, 0.5) is 10.5 Å². The third-order valence-electron chi connectivity index (χ3n) is 4.26. The van der Waals surface area contributed by atoms with Crippen LogP contribution in [-0.2, 0) is 10.0 Å². The van der Waals surface area contributed by atoms with Crippen molar-refractivity contribution in [3.05, 3.63) is 60.2 Å². The first-order valence-corrected chi connectivity index (χ1v) is 9.59. The lowest BCUT2D eigenvalue weighted by atomic mass is 10.2. The van der Waals surface area contributed by atoms with Gasteiger partial charge in [-0.15, -0.1) is 0 Å². The van der Waals surface area contributed by atoms with Gasteiger partial charge in [-0.05, 0) is 30.7 Å². The molecule has 25 heavy (non-hydrogen) atoms. The molecule has 0 spiro atoms. The lowest BCUT2D eigenvalue weighted by molar-refractivity contribution is 0.184. The van der Waals surface area contributed by atoms with E-state index in [0.717, 1.165) is 11.3 Å². The van der Waals surface area contributed by atoms with E-state index in [1.165, 1.54) is 4.31 Å². The molecule has 0 radical (unpaired) electrons. The maximum atomic E-state index is 12.8. The average molecular weight is 359 g/mol. The van der Waals surface area contributed by atoms with Crippen LogP contribution in [0.1, 0.15) is 5.56 Å². The number of anilines is 1. The first kappa shape index (κ1) is 17.4. The van der Waals surface area contributed by atoms with Gasteiger partial charge in [0.15, 0.2) is 0 Å². The highest BCUT2D eigenvalue weighted by Gasteiger charge is 2.30. The molecule has 1 saturated heterocycles. The molecule has 2 aromatic carbocycles. The van der Waals surface area contributed by atoms with Crippen molar-refractivity contribution in [1.29, 1.82) is 0 Å². The molecule has 0 aromatic heterocycles. The highest BCUT2D eigenvalue weighted by atomic mass is 32.2. The number of nitrogens with one attached hydrogen (secondary N) is 1. The predicted octanol–water partition coefficient (Wildman–Crippen LogP) is 2.53. The summed E-state index contributed by atoms with van der Waals surface area (Å²) < 4.78 is 27.0. The lowest BCUT2D eigenvalue weighted by Gasteiger charge is -2.34. The first-order valence-electron chi connectivity index (χ1n) is 8.15. The van der Waals surface area contributed by atoms with Gasteiger partial charge in [0.05, 0.1) is 4.90 Å². The smallest absolute Gasteiger partial charge is 0.321 e. The average Bonchev–Trinajstić information content (AvgIpc) is 2.63. The summed E-state index contributed by atoms with van der Waals surface area (Å²) in [4.78, 5) is 14.3. The van der Waals surface area contributed by atoms with Crippen molar-refractivity contribution in [2.45, 2.75) is 11.8 Å². The third-order valence-corrected chi connectivity index (χ3v) is 6.32. The van der Waals surface area contributed by atoms with Crippen molar-refractivity contribution in [1.82, 2.24) is 9.21 Å². The number of sulfonamides is 1. The molecule has 1 aliphatic rings. The Bertz CT molecular complexity index is 845. The second-order valence-electron chi connectivity index (χ2n) is 5.95. The number of nitrogens with zero attached hydrogens (tertiary/aromatic N) is 2. The summed E-state index contributed by atoms with van der Waals surface area (Å²) in [6, 6.07) is 16.0. The molecule has 0 saturated carbocycles. The number of hydrogen-bond acceptors (Lipinski definition) is 3. The van der Waals surface area contributed by atoms with Crippen LogP contribution < -0.4 is 5.32 Å². The molecule has 1 aliphatic heterocycles. The molecule has 0 atom stereocenters. The number of para-hydroxylation sites is 1. The fourth-order valence-electron chi connectivity index (χ4n) is 2.84. The molecule has 132 valence electrons. The molecule has 3 rings (SSSR count). The number of urea groups is 1. The topological polar surface area (TPSA) is 69.7 Å². The molecule has 0 aliphatic carbocycles. The van der Waals surface area contributed by atoms with Gasteiger partial charge < -0.3 is 10.2 Å². The minimum absolute atomic E-state index is 0.209. The van der Waals surface area contributed by atoms with Gasteiger partial charge in [0.1, 0.15) is 0 Å². The second-order valence-corrected chi connectivity index (χ2v) is 7.86. The number of aryl methyl sites for hydroxylation is 1. The number of benzene rings is 2. The Morgan fingerprint density at radius 3 is 2.16 bits per heavy atom. The van der Waals surface area contributed by atoms with E-state index in [1.807, 2.05) is 36.4 Å². The summed E-state index contributed by atoms with van der Waals surface area (Å²) >= 11 is 0. The zero-order chi connectivity index (χ0) is 17.9. The standard InChI is InChI=1S/C18H21N3O3S/c1-15-7-5-6-10-17(15)25(23,24)21-13-11-20(12-14-21)18(22)19-16-8-3-2-4-9-16/h2-10H,11-14H2,1H3,(H,19,22). The number of piperazine rings is 1. The Morgan fingerprint density at radius 1 is 0.920 bits per heavy atom. The first-order chi connectivity index (χ1) is 12.0. The van der Waals surface area contributed by atoms with Crippen LogP contribution in [0.3, 0.4) is 0 Å². The maximum absolute atomic E-state index is 12.8. The van der Waals surface area contributed by atoms with Gasteiger partial charge in [0.25, 0.3) is 0 Å². The molecule has 1 fully saturated rings. The summed E-state index contributed by atoms with van der Waals surface area (Å²) in [5, 5.41) is 2.83. The quantitative estimate of drug-likeness (QED) is 0.915. The van der Waals surface area contributed by atoms with Crippen molar-refractivity contribution < 1.29 is 13.2 Å². The number of carbonyl (C=O) groups excluding carboxylic acids is 1. The molecule has 2 amide bonds. The van der Waals surface area contributed by atoms with Crippen molar-refractivity contribution in [2.75, 3.05) is 31.5 Å². The third kappa shape index (κ3) is 3.83. The SMILES string of the molecule is Cc1ccccc1S(=O)(=O)N1CCN(C(=O)Nc2ccccc2)CC1. The molecule has 6 nitrogen and oxygen atoms in total. The van der Waals surface area contributed by atoms with Crippen molar-refractivity contribution >= 4 is 21.7 Å². The van der Waals surface area contributed by atoms with Crippen LogP contribution in [0, 0.1) is 6.92 Å². The van der Waals surface area contributed by atoms with Gasteiger partial charge in [-0.25, -0.2) is 13.2 Å². The largest absolute Gasteiger partial charge is 0.322 e.